The number of aryl methyl sites for hydroxylation is 1. The van der Waals surface area contributed by atoms with Crippen LogP contribution in [0.15, 0.2) is 81.7 Å². The van der Waals surface area contributed by atoms with Gasteiger partial charge in [-0.25, -0.2) is 14.6 Å². The number of allylic oxidation sites excluding steroid dienone is 1. The Kier molecular flexibility index (Phi) is 9.51. The minimum Gasteiger partial charge on any atom is -0.487 e. The molecular formula is C32H26I2N2O6S. The van der Waals surface area contributed by atoms with Crippen molar-refractivity contribution in [2.75, 3.05) is 6.61 Å². The number of hydrogen-bond acceptors (Lipinski definition) is 7. The monoisotopic (exact) mass is 820 g/mol. The molecule has 1 aliphatic heterocycles. The topological polar surface area (TPSA) is 107 Å². The number of carbonyl (C=O) groups is 2. The van der Waals surface area contributed by atoms with E-state index in [1.165, 1.54) is 11.3 Å². The maximum Gasteiger partial charge on any atom is 0.338 e. The van der Waals surface area contributed by atoms with Crippen LogP contribution in [0.25, 0.3) is 6.08 Å². The standard InChI is InChI=1S/C32H26I2N2O6S/c1-4-41-31(40)26-18(3)35-32-36(27(26)21-9-5-17(2)6-10-21)29(37)25(43-32)15-20-13-23(33)28(24(34)14-20)42-16-19-7-11-22(12-8-19)30(38)39/h5-15,27H,4,16H2,1-3H3,(H,38,39)/b25-15+/t27-/m0/s1. The van der Waals surface area contributed by atoms with Crippen molar-refractivity contribution in [2.24, 2.45) is 4.99 Å². The number of benzene rings is 3. The fourth-order valence-electron chi connectivity index (χ4n) is 4.71. The molecule has 0 aliphatic carbocycles. The van der Waals surface area contributed by atoms with Crippen molar-refractivity contribution in [3.63, 3.8) is 0 Å². The second kappa shape index (κ2) is 13.1. The van der Waals surface area contributed by atoms with Crippen LogP contribution < -0.4 is 19.6 Å². The van der Waals surface area contributed by atoms with Crippen LogP contribution in [0, 0.1) is 14.1 Å². The van der Waals surface area contributed by atoms with Crippen molar-refractivity contribution in [3.05, 3.63) is 127 Å². The minimum atomic E-state index is -0.972. The van der Waals surface area contributed by atoms with Gasteiger partial charge in [-0.15, -0.1) is 0 Å². The van der Waals surface area contributed by atoms with Crippen LogP contribution in [0.4, 0.5) is 0 Å². The van der Waals surface area contributed by atoms with Crippen LogP contribution in [0.1, 0.15) is 52.5 Å². The highest BCUT2D eigenvalue weighted by atomic mass is 127. The van der Waals surface area contributed by atoms with Crippen molar-refractivity contribution in [3.8, 4) is 5.75 Å². The van der Waals surface area contributed by atoms with E-state index >= 15 is 0 Å². The quantitative estimate of drug-likeness (QED) is 0.184. The zero-order valence-corrected chi connectivity index (χ0v) is 28.5. The number of nitrogens with zero attached hydrogens (tertiary/aromatic N) is 2. The number of ether oxygens (including phenoxy) is 2. The Balaban J connectivity index is 1.51. The number of thiazole rings is 1. The number of rotatable bonds is 8. The van der Waals surface area contributed by atoms with E-state index in [1.807, 2.05) is 49.4 Å². The lowest BCUT2D eigenvalue weighted by Gasteiger charge is -2.24. The molecule has 0 bridgehead atoms. The van der Waals surface area contributed by atoms with Gasteiger partial charge >= 0.3 is 11.9 Å². The Morgan fingerprint density at radius 2 is 1.70 bits per heavy atom. The molecule has 4 aromatic rings. The van der Waals surface area contributed by atoms with Gasteiger partial charge < -0.3 is 14.6 Å². The molecule has 8 nitrogen and oxygen atoms in total. The molecule has 0 fully saturated rings. The van der Waals surface area contributed by atoms with E-state index in [0.717, 1.165) is 29.4 Å². The molecule has 0 spiro atoms. The number of carboxylic acid groups (broad SMARTS) is 1. The Morgan fingerprint density at radius 1 is 1.05 bits per heavy atom. The first kappa shape index (κ1) is 31.1. The van der Waals surface area contributed by atoms with Gasteiger partial charge in [0, 0.05) is 0 Å². The second-order valence-corrected chi connectivity index (χ2v) is 13.2. The highest BCUT2D eigenvalue weighted by molar-refractivity contribution is 14.1. The van der Waals surface area contributed by atoms with Crippen molar-refractivity contribution < 1.29 is 24.2 Å². The number of fused-ring (bicyclic) bond motifs is 1. The highest BCUT2D eigenvalue weighted by Gasteiger charge is 2.33. The smallest absolute Gasteiger partial charge is 0.338 e. The molecule has 0 radical (unpaired) electrons. The van der Waals surface area contributed by atoms with Crippen molar-refractivity contribution in [2.45, 2.75) is 33.4 Å². The zero-order chi connectivity index (χ0) is 30.8. The van der Waals surface area contributed by atoms with E-state index < -0.39 is 18.0 Å². The molecule has 2 heterocycles. The molecule has 220 valence electrons. The summed E-state index contributed by atoms with van der Waals surface area (Å²) in [6, 6.07) is 17.6. The van der Waals surface area contributed by atoms with Gasteiger partial charge in [-0.05, 0) is 113 Å². The third-order valence-corrected chi connectivity index (χ3v) is 9.40. The molecule has 1 aromatic heterocycles. The molecule has 11 heteroatoms. The SMILES string of the molecule is CCOC(=O)C1=C(C)N=c2s/c(=C/c3cc(I)c(OCc4ccc(C(=O)O)cc4)c(I)c3)c(=O)n2[C@H]1c1ccc(C)cc1. The molecule has 0 saturated carbocycles. The summed E-state index contributed by atoms with van der Waals surface area (Å²) in [5.74, 6) is -0.753. The number of carboxylic acids is 1. The molecule has 5 rings (SSSR count). The Morgan fingerprint density at radius 3 is 2.30 bits per heavy atom. The zero-order valence-electron chi connectivity index (χ0n) is 23.4. The van der Waals surface area contributed by atoms with Crippen LogP contribution in [0.5, 0.6) is 5.75 Å². The van der Waals surface area contributed by atoms with Gasteiger partial charge in [-0.2, -0.15) is 0 Å². The molecule has 0 saturated heterocycles. The van der Waals surface area contributed by atoms with Gasteiger partial charge in [-0.1, -0.05) is 53.3 Å². The normalized spacial score (nSPS) is 14.7. The van der Waals surface area contributed by atoms with Crippen LogP contribution in [-0.2, 0) is 16.1 Å². The molecule has 0 unspecified atom stereocenters. The first-order valence-corrected chi connectivity index (χ1v) is 16.2. The minimum absolute atomic E-state index is 0.217. The average Bonchev–Trinajstić information content (AvgIpc) is 3.26. The van der Waals surface area contributed by atoms with Crippen molar-refractivity contribution >= 4 is 74.5 Å². The van der Waals surface area contributed by atoms with Gasteiger partial charge in [0.2, 0.25) is 0 Å². The van der Waals surface area contributed by atoms with E-state index in [2.05, 4.69) is 50.2 Å². The van der Waals surface area contributed by atoms with E-state index in [0.29, 0.717) is 26.4 Å². The summed E-state index contributed by atoms with van der Waals surface area (Å²) in [6.45, 7) is 6.01. The highest BCUT2D eigenvalue weighted by Crippen LogP contribution is 2.32. The van der Waals surface area contributed by atoms with Gasteiger partial charge in [0.15, 0.2) is 4.80 Å². The predicted molar refractivity (Wildman–Crippen MR) is 181 cm³/mol. The summed E-state index contributed by atoms with van der Waals surface area (Å²) in [5.41, 5.74) is 4.42. The third kappa shape index (κ3) is 6.63. The van der Waals surface area contributed by atoms with Gasteiger partial charge in [0.05, 0.1) is 41.2 Å². The number of aromatic nitrogens is 1. The molecule has 0 amide bonds. The van der Waals surface area contributed by atoms with E-state index in [9.17, 15) is 14.4 Å². The number of carbonyl (C=O) groups excluding carboxylic acids is 1. The molecule has 1 N–H and O–H groups in total. The van der Waals surface area contributed by atoms with Crippen molar-refractivity contribution in [1.82, 2.24) is 4.57 Å². The number of hydrogen-bond donors (Lipinski definition) is 1. The van der Waals surface area contributed by atoms with Gasteiger partial charge in [0.1, 0.15) is 12.4 Å². The Hall–Kier alpha value is -3.30. The molecule has 43 heavy (non-hydrogen) atoms. The summed E-state index contributed by atoms with van der Waals surface area (Å²) in [4.78, 5) is 43.3. The van der Waals surface area contributed by atoms with E-state index in [1.54, 1.807) is 42.7 Å². The first-order valence-electron chi connectivity index (χ1n) is 13.3. The number of esters is 1. The fraction of sp³-hybridized carbons (Fsp3) is 0.188. The first-order chi connectivity index (χ1) is 20.6. The number of aromatic carboxylic acids is 1. The Labute approximate surface area is 278 Å². The van der Waals surface area contributed by atoms with Gasteiger partial charge in [0.25, 0.3) is 5.56 Å². The molecule has 3 aromatic carbocycles. The second-order valence-electron chi connectivity index (χ2n) is 9.82. The largest absolute Gasteiger partial charge is 0.487 e. The summed E-state index contributed by atoms with van der Waals surface area (Å²) in [7, 11) is 0. The predicted octanol–water partition coefficient (Wildman–Crippen LogP) is 5.59. The van der Waals surface area contributed by atoms with Gasteiger partial charge in [-0.3, -0.25) is 9.36 Å². The summed E-state index contributed by atoms with van der Waals surface area (Å²) >= 11 is 5.69. The van der Waals surface area contributed by atoms with Crippen LogP contribution in [-0.4, -0.2) is 28.2 Å². The molecular weight excluding hydrogens is 794 g/mol. The number of halogens is 2. The van der Waals surface area contributed by atoms with E-state index in [4.69, 9.17) is 14.6 Å². The summed E-state index contributed by atoms with van der Waals surface area (Å²) in [6.07, 6.45) is 1.83. The maximum atomic E-state index is 13.9. The summed E-state index contributed by atoms with van der Waals surface area (Å²) in [5, 5.41) is 9.11. The third-order valence-electron chi connectivity index (χ3n) is 6.81. The van der Waals surface area contributed by atoms with Crippen LogP contribution in [0.2, 0.25) is 0 Å². The fourth-order valence-corrected chi connectivity index (χ4v) is 7.88. The lowest BCUT2D eigenvalue weighted by molar-refractivity contribution is -0.139. The van der Waals surface area contributed by atoms with Crippen LogP contribution >= 0.6 is 56.5 Å². The van der Waals surface area contributed by atoms with Crippen LogP contribution in [0.3, 0.4) is 0 Å². The van der Waals surface area contributed by atoms with E-state index in [-0.39, 0.29) is 24.3 Å². The molecule has 1 atom stereocenters. The van der Waals surface area contributed by atoms with Crippen molar-refractivity contribution in [1.29, 1.82) is 0 Å². The lowest BCUT2D eigenvalue weighted by Crippen LogP contribution is -2.39. The Bertz CT molecular complexity index is 1920. The average molecular weight is 820 g/mol. The molecule has 1 aliphatic rings. The lowest BCUT2D eigenvalue weighted by atomic mass is 9.95. The summed E-state index contributed by atoms with van der Waals surface area (Å²) < 4.78 is 15.3. The maximum absolute atomic E-state index is 13.9.